The van der Waals surface area contributed by atoms with E-state index in [4.69, 9.17) is 4.74 Å². The highest BCUT2D eigenvalue weighted by Crippen LogP contribution is 2.09. The molecule has 0 N–H and O–H groups in total. The molecule has 0 fully saturated rings. The summed E-state index contributed by atoms with van der Waals surface area (Å²) in [6.45, 7) is 8.20. The summed E-state index contributed by atoms with van der Waals surface area (Å²) in [5.74, 6) is -0.537. The molecule has 0 aliphatic rings. The van der Waals surface area contributed by atoms with Gasteiger partial charge in [-0.1, -0.05) is 0 Å². The fourth-order valence-electron chi connectivity index (χ4n) is 1.64. The molecule has 0 amide bonds. The Bertz CT molecular complexity index is 253. The summed E-state index contributed by atoms with van der Waals surface area (Å²) in [5.41, 5.74) is 0. The van der Waals surface area contributed by atoms with Crippen molar-refractivity contribution in [1.82, 2.24) is 4.90 Å². The molecule has 0 aromatic carbocycles. The fraction of sp³-hybridized carbons (Fsp3) is 0.833. The van der Waals surface area contributed by atoms with Gasteiger partial charge in [0, 0.05) is 12.1 Å². The van der Waals surface area contributed by atoms with E-state index in [1.54, 1.807) is 6.92 Å². The van der Waals surface area contributed by atoms with Gasteiger partial charge in [0.2, 0.25) is 0 Å². The van der Waals surface area contributed by atoms with Crippen molar-refractivity contribution < 1.29 is 19.1 Å². The van der Waals surface area contributed by atoms with Crippen molar-refractivity contribution in [3.63, 3.8) is 0 Å². The molecule has 0 bridgehead atoms. The maximum Gasteiger partial charge on any atom is 0.320 e. The molecule has 100 valence electrons. The van der Waals surface area contributed by atoms with Crippen LogP contribution in [0.25, 0.3) is 0 Å². The van der Waals surface area contributed by atoms with Crippen LogP contribution in [0.3, 0.4) is 0 Å². The summed E-state index contributed by atoms with van der Waals surface area (Å²) in [5, 5.41) is 0. The van der Waals surface area contributed by atoms with E-state index in [-0.39, 0.29) is 37.0 Å². The van der Waals surface area contributed by atoms with Gasteiger partial charge in [-0.05, 0) is 27.7 Å². The normalized spacial score (nSPS) is 12.6. The van der Waals surface area contributed by atoms with Crippen LogP contribution in [0.5, 0.6) is 0 Å². The number of nitrogens with zero attached hydrogens (tertiary/aromatic N) is 1. The van der Waals surface area contributed by atoms with Gasteiger partial charge >= 0.3 is 11.9 Å². The Morgan fingerprint density at radius 1 is 1.18 bits per heavy atom. The topological polar surface area (TPSA) is 55.8 Å². The SMILES string of the molecule is CCOC(=O)CN(C(C)C)C(C)CC(=O)OC. The summed E-state index contributed by atoms with van der Waals surface area (Å²) >= 11 is 0. The van der Waals surface area contributed by atoms with Gasteiger partial charge in [-0.3, -0.25) is 14.5 Å². The predicted octanol–water partition coefficient (Wildman–Crippen LogP) is 1.21. The zero-order valence-corrected chi connectivity index (χ0v) is 11.4. The first-order valence-electron chi connectivity index (χ1n) is 5.90. The van der Waals surface area contributed by atoms with Crippen molar-refractivity contribution in [2.24, 2.45) is 0 Å². The lowest BCUT2D eigenvalue weighted by molar-refractivity contribution is -0.148. The van der Waals surface area contributed by atoms with Gasteiger partial charge in [0.25, 0.3) is 0 Å². The second-order valence-corrected chi connectivity index (χ2v) is 4.20. The van der Waals surface area contributed by atoms with Crippen molar-refractivity contribution in [3.8, 4) is 0 Å². The second-order valence-electron chi connectivity index (χ2n) is 4.20. The molecule has 1 atom stereocenters. The molecule has 0 saturated heterocycles. The second kappa shape index (κ2) is 8.06. The van der Waals surface area contributed by atoms with Gasteiger partial charge in [0.1, 0.15) is 0 Å². The molecule has 5 nitrogen and oxygen atoms in total. The van der Waals surface area contributed by atoms with E-state index in [0.29, 0.717) is 6.61 Å². The van der Waals surface area contributed by atoms with Gasteiger partial charge in [-0.2, -0.15) is 0 Å². The monoisotopic (exact) mass is 245 g/mol. The average molecular weight is 245 g/mol. The maximum atomic E-state index is 11.4. The van der Waals surface area contributed by atoms with Crippen LogP contribution in [-0.2, 0) is 19.1 Å². The molecule has 17 heavy (non-hydrogen) atoms. The number of hydrogen-bond acceptors (Lipinski definition) is 5. The van der Waals surface area contributed by atoms with Crippen LogP contribution < -0.4 is 0 Å². The minimum atomic E-state index is -0.271. The van der Waals surface area contributed by atoms with Crippen LogP contribution in [-0.4, -0.2) is 49.2 Å². The minimum Gasteiger partial charge on any atom is -0.469 e. The lowest BCUT2D eigenvalue weighted by atomic mass is 10.1. The number of methoxy groups -OCH3 is 1. The van der Waals surface area contributed by atoms with E-state index in [0.717, 1.165) is 0 Å². The number of carbonyl (C=O) groups excluding carboxylic acids is 2. The number of rotatable bonds is 7. The lowest BCUT2D eigenvalue weighted by Crippen LogP contribution is -2.43. The number of ether oxygens (including phenoxy) is 2. The average Bonchev–Trinajstić information content (AvgIpc) is 2.25. The van der Waals surface area contributed by atoms with Crippen LogP contribution in [0, 0.1) is 0 Å². The molecule has 0 radical (unpaired) electrons. The largest absolute Gasteiger partial charge is 0.469 e. The Balaban J connectivity index is 4.40. The van der Waals surface area contributed by atoms with Crippen LogP contribution in [0.2, 0.25) is 0 Å². The van der Waals surface area contributed by atoms with Crippen LogP contribution in [0.15, 0.2) is 0 Å². The Labute approximate surface area is 103 Å². The van der Waals surface area contributed by atoms with Gasteiger partial charge in [0.15, 0.2) is 0 Å². The van der Waals surface area contributed by atoms with Gasteiger partial charge in [0.05, 0.1) is 26.7 Å². The zero-order chi connectivity index (χ0) is 13.4. The molecule has 0 spiro atoms. The molecule has 0 aliphatic carbocycles. The zero-order valence-electron chi connectivity index (χ0n) is 11.4. The molecule has 5 heteroatoms. The lowest BCUT2D eigenvalue weighted by Gasteiger charge is -2.31. The minimum absolute atomic E-state index is 0.0492. The first-order chi connectivity index (χ1) is 7.92. The van der Waals surface area contributed by atoms with E-state index < -0.39 is 0 Å². The first-order valence-corrected chi connectivity index (χ1v) is 5.90. The molecule has 0 aliphatic heterocycles. The molecule has 0 rings (SSSR count). The summed E-state index contributed by atoms with van der Waals surface area (Å²) in [6.07, 6.45) is 0.272. The van der Waals surface area contributed by atoms with Gasteiger partial charge < -0.3 is 9.47 Å². The summed E-state index contributed by atoms with van der Waals surface area (Å²) < 4.78 is 9.53. The van der Waals surface area contributed by atoms with Crippen LogP contribution in [0.4, 0.5) is 0 Å². The standard InChI is InChI=1S/C12H23NO4/c1-6-17-12(15)8-13(9(2)3)10(4)7-11(14)16-5/h9-10H,6-8H2,1-5H3. The van der Waals surface area contributed by atoms with E-state index >= 15 is 0 Å². The van der Waals surface area contributed by atoms with Crippen LogP contribution >= 0.6 is 0 Å². The van der Waals surface area contributed by atoms with Gasteiger partial charge in [-0.25, -0.2) is 0 Å². The molecule has 0 heterocycles. The Kier molecular flexibility index (Phi) is 7.54. The third kappa shape index (κ3) is 6.26. The Hall–Kier alpha value is -1.10. The number of hydrogen-bond donors (Lipinski definition) is 0. The van der Waals surface area contributed by atoms with E-state index in [1.807, 2.05) is 25.7 Å². The van der Waals surface area contributed by atoms with Crippen molar-refractivity contribution in [2.45, 2.75) is 46.2 Å². The molecule has 0 aromatic heterocycles. The molecular weight excluding hydrogens is 222 g/mol. The van der Waals surface area contributed by atoms with Crippen molar-refractivity contribution >= 4 is 11.9 Å². The van der Waals surface area contributed by atoms with E-state index in [2.05, 4.69) is 4.74 Å². The fourth-order valence-corrected chi connectivity index (χ4v) is 1.64. The number of esters is 2. The molecule has 0 saturated carbocycles. The highest BCUT2D eigenvalue weighted by Gasteiger charge is 2.23. The molecule has 0 aromatic rings. The maximum absolute atomic E-state index is 11.4. The highest BCUT2D eigenvalue weighted by atomic mass is 16.5. The van der Waals surface area contributed by atoms with E-state index in [9.17, 15) is 9.59 Å². The van der Waals surface area contributed by atoms with E-state index in [1.165, 1.54) is 7.11 Å². The van der Waals surface area contributed by atoms with Crippen molar-refractivity contribution in [1.29, 1.82) is 0 Å². The number of carbonyl (C=O) groups is 2. The van der Waals surface area contributed by atoms with Crippen molar-refractivity contribution in [3.05, 3.63) is 0 Å². The molecular formula is C12H23NO4. The van der Waals surface area contributed by atoms with Crippen LogP contribution in [0.1, 0.15) is 34.1 Å². The Morgan fingerprint density at radius 3 is 2.18 bits per heavy atom. The summed E-state index contributed by atoms with van der Waals surface area (Å²) in [6, 6.07) is 0.117. The molecule has 1 unspecified atom stereocenters. The smallest absolute Gasteiger partial charge is 0.320 e. The van der Waals surface area contributed by atoms with Crippen molar-refractivity contribution in [2.75, 3.05) is 20.3 Å². The third-order valence-corrected chi connectivity index (χ3v) is 2.54. The predicted molar refractivity (Wildman–Crippen MR) is 64.6 cm³/mol. The quantitative estimate of drug-likeness (QED) is 0.631. The Morgan fingerprint density at radius 2 is 1.76 bits per heavy atom. The summed E-state index contributed by atoms with van der Waals surface area (Å²) in [7, 11) is 1.36. The summed E-state index contributed by atoms with van der Waals surface area (Å²) in [4.78, 5) is 24.6. The first kappa shape index (κ1) is 15.9. The van der Waals surface area contributed by atoms with Gasteiger partial charge in [-0.15, -0.1) is 0 Å². The third-order valence-electron chi connectivity index (χ3n) is 2.54. The highest BCUT2D eigenvalue weighted by molar-refractivity contribution is 5.72.